The zero-order valence-corrected chi connectivity index (χ0v) is 23.4. The van der Waals surface area contributed by atoms with Crippen molar-refractivity contribution in [1.29, 1.82) is 0 Å². The number of rotatable bonds is 6. The number of carbonyl (C=O) groups is 3. The van der Waals surface area contributed by atoms with Gasteiger partial charge < -0.3 is 20.4 Å². The van der Waals surface area contributed by atoms with Crippen LogP contribution in [0.1, 0.15) is 79.8 Å². The molecule has 1 aromatic heterocycles. The van der Waals surface area contributed by atoms with Crippen LogP contribution in [-0.4, -0.2) is 39.0 Å². The minimum absolute atomic E-state index is 0.0271. The van der Waals surface area contributed by atoms with E-state index in [1.807, 2.05) is 52.0 Å². The highest BCUT2D eigenvalue weighted by Gasteiger charge is 2.45. The molecular weight excluding hydrogens is 492 g/mol. The van der Waals surface area contributed by atoms with Gasteiger partial charge in [-0.15, -0.1) is 0 Å². The number of para-hydroxylation sites is 1. The number of anilines is 3. The van der Waals surface area contributed by atoms with Crippen LogP contribution in [0.5, 0.6) is 0 Å². The maximum Gasteiger partial charge on any atom is 0.322 e. The zero-order valence-electron chi connectivity index (χ0n) is 23.4. The summed E-state index contributed by atoms with van der Waals surface area (Å²) in [6.45, 7) is 12.6. The third-order valence-corrected chi connectivity index (χ3v) is 7.86. The van der Waals surface area contributed by atoms with Crippen molar-refractivity contribution in [2.24, 2.45) is 0 Å². The van der Waals surface area contributed by atoms with Crippen molar-refractivity contribution < 1.29 is 14.4 Å². The van der Waals surface area contributed by atoms with E-state index in [2.05, 4.69) is 34.7 Å². The van der Waals surface area contributed by atoms with Crippen LogP contribution in [0.4, 0.5) is 22.0 Å². The van der Waals surface area contributed by atoms with Crippen molar-refractivity contribution in [3.05, 3.63) is 69.9 Å². The van der Waals surface area contributed by atoms with Crippen molar-refractivity contribution in [3.8, 4) is 0 Å². The summed E-state index contributed by atoms with van der Waals surface area (Å²) in [6, 6.07) is 11.3. The standard InChI is InChI=1S/C30H36N6O3/c1-7-18-10-9-11-19(8-2)25(18)31-29(39)35-15-21-23(16-35)33-34-26(21)32-27(37)20-12-13-22-24(14-20)36(17(3)4)28(38)30(22,5)6/h9-14,17H,7-8,15-16H2,1-6H3,(H,31,39)(H2,32,33,34,37). The molecule has 9 heteroatoms. The Morgan fingerprint density at radius 1 is 1.05 bits per heavy atom. The smallest absolute Gasteiger partial charge is 0.314 e. The number of benzene rings is 2. The lowest BCUT2D eigenvalue weighted by molar-refractivity contribution is -0.122. The van der Waals surface area contributed by atoms with Gasteiger partial charge in [0.05, 0.1) is 24.2 Å². The Morgan fingerprint density at radius 3 is 2.38 bits per heavy atom. The monoisotopic (exact) mass is 528 g/mol. The quantitative estimate of drug-likeness (QED) is 0.400. The first-order valence-electron chi connectivity index (χ1n) is 13.6. The number of hydrogen-bond acceptors (Lipinski definition) is 4. The normalized spacial score (nSPS) is 15.5. The molecule has 3 N–H and O–H groups in total. The maximum atomic E-state index is 13.3. The topological polar surface area (TPSA) is 110 Å². The summed E-state index contributed by atoms with van der Waals surface area (Å²) in [4.78, 5) is 43.0. The second kappa shape index (κ2) is 9.87. The molecule has 0 saturated carbocycles. The Morgan fingerprint density at radius 2 is 1.74 bits per heavy atom. The number of aromatic nitrogens is 2. The molecule has 3 aromatic rings. The SMILES string of the molecule is CCc1cccc(CC)c1NC(=O)N1Cc2[nH]nc(NC(=O)c3ccc4c(c3)N(C(C)C)C(=O)C4(C)C)c2C1. The van der Waals surface area contributed by atoms with Crippen molar-refractivity contribution in [2.75, 3.05) is 15.5 Å². The molecule has 3 heterocycles. The maximum absolute atomic E-state index is 13.3. The fourth-order valence-electron chi connectivity index (χ4n) is 5.59. The third-order valence-electron chi connectivity index (χ3n) is 7.86. The lowest BCUT2D eigenvalue weighted by Gasteiger charge is -2.24. The Labute approximate surface area is 229 Å². The number of aromatic amines is 1. The molecule has 2 aliphatic heterocycles. The largest absolute Gasteiger partial charge is 0.322 e. The van der Waals surface area contributed by atoms with E-state index >= 15 is 0 Å². The van der Waals surface area contributed by atoms with Crippen LogP contribution in [0.3, 0.4) is 0 Å². The first-order chi connectivity index (χ1) is 18.6. The number of aryl methyl sites for hydroxylation is 2. The van der Waals surface area contributed by atoms with Gasteiger partial charge in [0.2, 0.25) is 5.91 Å². The van der Waals surface area contributed by atoms with Gasteiger partial charge >= 0.3 is 6.03 Å². The summed E-state index contributed by atoms with van der Waals surface area (Å²) in [7, 11) is 0. The lowest BCUT2D eigenvalue weighted by atomic mass is 9.86. The van der Waals surface area contributed by atoms with Gasteiger partial charge in [0.15, 0.2) is 5.82 Å². The molecule has 39 heavy (non-hydrogen) atoms. The Bertz CT molecular complexity index is 1450. The van der Waals surface area contributed by atoms with E-state index in [4.69, 9.17) is 0 Å². The van der Waals surface area contributed by atoms with Crippen LogP contribution in [0, 0.1) is 0 Å². The zero-order chi connectivity index (χ0) is 28.1. The molecule has 0 atom stereocenters. The van der Waals surface area contributed by atoms with Crippen LogP contribution >= 0.6 is 0 Å². The first kappa shape index (κ1) is 26.5. The Hall–Kier alpha value is -4.14. The van der Waals surface area contributed by atoms with E-state index in [0.717, 1.165) is 52.2 Å². The summed E-state index contributed by atoms with van der Waals surface area (Å²) in [5, 5.41) is 13.3. The number of hydrogen-bond donors (Lipinski definition) is 3. The van der Waals surface area contributed by atoms with Crippen molar-refractivity contribution >= 4 is 35.0 Å². The van der Waals surface area contributed by atoms with Crippen LogP contribution < -0.4 is 15.5 Å². The van der Waals surface area contributed by atoms with Gasteiger partial charge in [-0.3, -0.25) is 14.7 Å². The summed E-state index contributed by atoms with van der Waals surface area (Å²) >= 11 is 0. The average molecular weight is 529 g/mol. The van der Waals surface area contributed by atoms with E-state index < -0.39 is 5.41 Å². The van der Waals surface area contributed by atoms with E-state index in [-0.39, 0.29) is 23.9 Å². The van der Waals surface area contributed by atoms with E-state index in [1.165, 1.54) is 0 Å². The lowest BCUT2D eigenvalue weighted by Crippen LogP contribution is -2.40. The number of urea groups is 1. The van der Waals surface area contributed by atoms with Crippen LogP contribution in [-0.2, 0) is 36.1 Å². The van der Waals surface area contributed by atoms with Gasteiger partial charge in [-0.05, 0) is 69.4 Å². The second-order valence-electron chi connectivity index (χ2n) is 11.1. The summed E-state index contributed by atoms with van der Waals surface area (Å²) in [6.07, 6.45) is 1.65. The van der Waals surface area contributed by atoms with Gasteiger partial charge in [0.1, 0.15) is 0 Å². The molecule has 0 aliphatic carbocycles. The van der Waals surface area contributed by atoms with Crippen LogP contribution in [0.15, 0.2) is 36.4 Å². The number of nitrogens with one attached hydrogen (secondary N) is 3. The minimum Gasteiger partial charge on any atom is -0.314 e. The number of fused-ring (bicyclic) bond motifs is 2. The van der Waals surface area contributed by atoms with Crippen molar-refractivity contribution in [2.45, 2.75) is 78.9 Å². The molecule has 5 rings (SSSR count). The van der Waals surface area contributed by atoms with Gasteiger partial charge in [-0.25, -0.2) is 4.79 Å². The molecule has 0 bridgehead atoms. The number of H-pyrrole nitrogens is 1. The molecule has 0 spiro atoms. The summed E-state index contributed by atoms with van der Waals surface area (Å²) in [5.41, 5.74) is 6.15. The molecule has 9 nitrogen and oxygen atoms in total. The average Bonchev–Trinajstić information content (AvgIpc) is 3.55. The molecule has 2 aliphatic rings. The molecule has 2 aromatic carbocycles. The van der Waals surface area contributed by atoms with E-state index in [0.29, 0.717) is 24.5 Å². The first-order valence-corrected chi connectivity index (χ1v) is 13.6. The molecular formula is C30H36N6O3. The Balaban J connectivity index is 1.32. The molecule has 0 unspecified atom stereocenters. The van der Waals surface area contributed by atoms with Gasteiger partial charge in [-0.1, -0.05) is 38.1 Å². The number of carbonyl (C=O) groups excluding carboxylic acids is 3. The van der Waals surface area contributed by atoms with Crippen LogP contribution in [0.25, 0.3) is 0 Å². The molecule has 0 fully saturated rings. The fourth-order valence-corrected chi connectivity index (χ4v) is 5.59. The Kier molecular flexibility index (Phi) is 6.70. The second-order valence-corrected chi connectivity index (χ2v) is 11.1. The van der Waals surface area contributed by atoms with Crippen molar-refractivity contribution in [3.63, 3.8) is 0 Å². The van der Waals surface area contributed by atoms with Crippen LogP contribution in [0.2, 0.25) is 0 Å². The highest BCUT2D eigenvalue weighted by Crippen LogP contribution is 2.43. The van der Waals surface area contributed by atoms with E-state index in [1.54, 1.807) is 21.9 Å². The predicted octanol–water partition coefficient (Wildman–Crippen LogP) is 5.37. The summed E-state index contributed by atoms with van der Waals surface area (Å²) < 4.78 is 0. The number of nitrogens with zero attached hydrogens (tertiary/aromatic N) is 3. The molecule has 0 saturated heterocycles. The molecule has 0 radical (unpaired) electrons. The highest BCUT2D eigenvalue weighted by atomic mass is 16.2. The predicted molar refractivity (Wildman–Crippen MR) is 152 cm³/mol. The molecule has 204 valence electrons. The fraction of sp³-hybridized carbons (Fsp3) is 0.400. The van der Waals surface area contributed by atoms with Gasteiger partial charge in [-0.2, -0.15) is 5.10 Å². The number of amides is 4. The highest BCUT2D eigenvalue weighted by molar-refractivity contribution is 6.11. The van der Waals surface area contributed by atoms with Gasteiger partial charge in [0.25, 0.3) is 5.91 Å². The summed E-state index contributed by atoms with van der Waals surface area (Å²) in [5.74, 6) is 0.118. The molecule has 4 amide bonds. The van der Waals surface area contributed by atoms with Crippen molar-refractivity contribution in [1.82, 2.24) is 15.1 Å². The third kappa shape index (κ3) is 4.45. The van der Waals surface area contributed by atoms with Gasteiger partial charge in [0, 0.05) is 28.5 Å². The van der Waals surface area contributed by atoms with E-state index in [9.17, 15) is 14.4 Å². The minimum atomic E-state index is -0.642.